The fraction of sp³-hybridized carbons (Fsp3) is 0.750. The molecule has 25 heavy (non-hydrogen) atoms. The van der Waals surface area contributed by atoms with Gasteiger partial charge in [-0.3, -0.25) is 4.79 Å². The molecular formula is C20H32N4O. The smallest absolute Gasteiger partial charge is 0.270 e. The molecule has 0 radical (unpaired) electrons. The number of anilines is 1. The van der Waals surface area contributed by atoms with Crippen LogP contribution in [-0.2, 0) is 0 Å². The molecule has 1 N–H and O–H groups in total. The summed E-state index contributed by atoms with van der Waals surface area (Å²) >= 11 is 0. The Morgan fingerprint density at radius 2 is 1.84 bits per heavy atom. The zero-order valence-corrected chi connectivity index (χ0v) is 15.8. The van der Waals surface area contributed by atoms with E-state index in [1.165, 1.54) is 44.9 Å². The largest absolute Gasteiger partial charge is 0.348 e. The molecule has 1 saturated carbocycles. The van der Waals surface area contributed by atoms with Gasteiger partial charge in [-0.15, -0.1) is 0 Å². The molecule has 3 rings (SSSR count). The first-order valence-corrected chi connectivity index (χ1v) is 10.1. The van der Waals surface area contributed by atoms with Crippen LogP contribution >= 0.6 is 0 Å². The van der Waals surface area contributed by atoms with E-state index in [1.54, 1.807) is 0 Å². The average molecular weight is 345 g/mol. The molecule has 5 heteroatoms. The third-order valence-corrected chi connectivity index (χ3v) is 5.62. The fourth-order valence-electron chi connectivity index (χ4n) is 4.17. The number of carbonyl (C=O) groups excluding carboxylic acids is 1. The summed E-state index contributed by atoms with van der Waals surface area (Å²) in [5.74, 6) is 0.696. The molecule has 2 aliphatic rings. The minimum atomic E-state index is -0.0382. The summed E-state index contributed by atoms with van der Waals surface area (Å²) in [6.07, 6.45) is 11.9. The quantitative estimate of drug-likeness (QED) is 0.839. The lowest BCUT2D eigenvalue weighted by molar-refractivity contribution is 0.0928. The normalized spacial score (nSPS) is 22.5. The van der Waals surface area contributed by atoms with Crippen molar-refractivity contribution in [2.45, 2.75) is 90.1 Å². The number of nitrogens with one attached hydrogen (secondary N) is 1. The molecule has 0 bridgehead atoms. The highest BCUT2D eigenvalue weighted by Crippen LogP contribution is 2.24. The van der Waals surface area contributed by atoms with Crippen LogP contribution in [0.15, 0.2) is 6.07 Å². The Morgan fingerprint density at radius 1 is 1.12 bits per heavy atom. The van der Waals surface area contributed by atoms with E-state index in [2.05, 4.69) is 27.1 Å². The standard InChI is InChI=1S/C20H32N4O/c1-3-17-12-8-9-13-24(17)20-21-15(2)14-18(23-20)19(25)22-16-10-6-4-5-7-11-16/h14,16-17H,3-13H2,1-2H3,(H,22,25). The van der Waals surface area contributed by atoms with Crippen LogP contribution in [0.4, 0.5) is 5.95 Å². The van der Waals surface area contributed by atoms with Gasteiger partial charge < -0.3 is 10.2 Å². The summed E-state index contributed by atoms with van der Waals surface area (Å²) in [6.45, 7) is 5.17. The highest BCUT2D eigenvalue weighted by molar-refractivity contribution is 5.92. The van der Waals surface area contributed by atoms with Crippen LogP contribution in [0.25, 0.3) is 0 Å². The van der Waals surface area contributed by atoms with Gasteiger partial charge in [-0.1, -0.05) is 32.6 Å². The Balaban J connectivity index is 1.75. The maximum absolute atomic E-state index is 12.7. The molecule has 0 spiro atoms. The van der Waals surface area contributed by atoms with E-state index in [9.17, 15) is 4.79 Å². The molecule has 1 saturated heterocycles. The van der Waals surface area contributed by atoms with Crippen molar-refractivity contribution >= 4 is 11.9 Å². The Hall–Kier alpha value is -1.65. The predicted octanol–water partition coefficient (Wildman–Crippen LogP) is 4.01. The van der Waals surface area contributed by atoms with E-state index in [0.29, 0.717) is 17.8 Å². The van der Waals surface area contributed by atoms with Crippen molar-refractivity contribution < 1.29 is 4.79 Å². The minimum Gasteiger partial charge on any atom is -0.348 e. The summed E-state index contributed by atoms with van der Waals surface area (Å²) in [4.78, 5) is 24.3. The van der Waals surface area contributed by atoms with Gasteiger partial charge >= 0.3 is 0 Å². The van der Waals surface area contributed by atoms with E-state index in [4.69, 9.17) is 0 Å². The summed E-state index contributed by atoms with van der Waals surface area (Å²) in [6, 6.07) is 2.61. The lowest BCUT2D eigenvalue weighted by atomic mass is 10.0. The van der Waals surface area contributed by atoms with E-state index in [1.807, 2.05) is 13.0 Å². The van der Waals surface area contributed by atoms with E-state index < -0.39 is 0 Å². The zero-order chi connectivity index (χ0) is 17.6. The maximum Gasteiger partial charge on any atom is 0.270 e. The third-order valence-electron chi connectivity index (χ3n) is 5.62. The second kappa shape index (κ2) is 8.63. The van der Waals surface area contributed by atoms with Crippen LogP contribution in [-0.4, -0.2) is 34.5 Å². The third kappa shape index (κ3) is 4.71. The molecule has 1 atom stereocenters. The summed E-state index contributed by atoms with van der Waals surface area (Å²) in [5, 5.41) is 3.21. The molecule has 2 fully saturated rings. The fourth-order valence-corrected chi connectivity index (χ4v) is 4.17. The first-order valence-electron chi connectivity index (χ1n) is 10.1. The van der Waals surface area contributed by atoms with E-state index >= 15 is 0 Å². The van der Waals surface area contributed by atoms with Gasteiger partial charge in [0, 0.05) is 24.3 Å². The molecule has 1 aromatic heterocycles. The summed E-state index contributed by atoms with van der Waals surface area (Å²) in [5.41, 5.74) is 1.39. The van der Waals surface area contributed by atoms with E-state index in [-0.39, 0.29) is 5.91 Å². The Labute approximate surface area is 151 Å². The van der Waals surface area contributed by atoms with Gasteiger partial charge in [0.25, 0.3) is 5.91 Å². The van der Waals surface area contributed by atoms with Crippen LogP contribution in [0.2, 0.25) is 0 Å². The summed E-state index contributed by atoms with van der Waals surface area (Å²) in [7, 11) is 0. The SMILES string of the molecule is CCC1CCCCN1c1nc(C)cc(C(=O)NC2CCCCCC2)n1. The zero-order valence-electron chi connectivity index (χ0n) is 15.8. The van der Waals surface area contributed by atoms with Crippen molar-refractivity contribution in [3.05, 3.63) is 17.5 Å². The number of nitrogens with zero attached hydrogens (tertiary/aromatic N) is 3. The maximum atomic E-state index is 12.7. The first kappa shape index (κ1) is 18.2. The van der Waals surface area contributed by atoms with Gasteiger partial charge in [0.05, 0.1) is 0 Å². The Bertz CT molecular complexity index is 581. The van der Waals surface area contributed by atoms with Crippen LogP contribution < -0.4 is 10.2 Å². The number of hydrogen-bond donors (Lipinski definition) is 1. The Morgan fingerprint density at radius 3 is 2.56 bits per heavy atom. The van der Waals surface area contributed by atoms with Gasteiger partial charge in [0.2, 0.25) is 5.95 Å². The van der Waals surface area contributed by atoms with Crippen LogP contribution in [0, 0.1) is 6.92 Å². The number of aryl methyl sites for hydroxylation is 1. The number of amides is 1. The number of rotatable bonds is 4. The molecule has 0 aromatic carbocycles. The molecule has 1 aromatic rings. The monoisotopic (exact) mass is 344 g/mol. The topological polar surface area (TPSA) is 58.1 Å². The van der Waals surface area contributed by atoms with Gasteiger partial charge in [-0.2, -0.15) is 0 Å². The highest BCUT2D eigenvalue weighted by Gasteiger charge is 2.25. The molecule has 1 unspecified atom stereocenters. The van der Waals surface area contributed by atoms with Crippen molar-refractivity contribution in [3.63, 3.8) is 0 Å². The van der Waals surface area contributed by atoms with Crippen LogP contribution in [0.1, 0.15) is 87.3 Å². The number of aromatic nitrogens is 2. The minimum absolute atomic E-state index is 0.0382. The second-order valence-electron chi connectivity index (χ2n) is 7.61. The van der Waals surface area contributed by atoms with E-state index in [0.717, 1.165) is 37.4 Å². The van der Waals surface area contributed by atoms with Crippen molar-refractivity contribution in [2.75, 3.05) is 11.4 Å². The van der Waals surface area contributed by atoms with Crippen molar-refractivity contribution in [3.8, 4) is 0 Å². The van der Waals surface area contributed by atoms with Crippen molar-refractivity contribution in [1.82, 2.24) is 15.3 Å². The number of piperidine rings is 1. The molecule has 5 nitrogen and oxygen atoms in total. The first-order chi connectivity index (χ1) is 12.2. The van der Waals surface area contributed by atoms with Gasteiger partial charge in [0.15, 0.2) is 0 Å². The van der Waals surface area contributed by atoms with Crippen LogP contribution in [0.5, 0.6) is 0 Å². The van der Waals surface area contributed by atoms with Crippen LogP contribution in [0.3, 0.4) is 0 Å². The summed E-state index contributed by atoms with van der Waals surface area (Å²) < 4.78 is 0. The highest BCUT2D eigenvalue weighted by atomic mass is 16.1. The molecular weight excluding hydrogens is 312 g/mol. The predicted molar refractivity (Wildman–Crippen MR) is 101 cm³/mol. The molecule has 1 amide bonds. The second-order valence-corrected chi connectivity index (χ2v) is 7.61. The van der Waals surface area contributed by atoms with Crippen molar-refractivity contribution in [2.24, 2.45) is 0 Å². The van der Waals surface area contributed by atoms with Crippen molar-refractivity contribution in [1.29, 1.82) is 0 Å². The molecule has 138 valence electrons. The van der Waals surface area contributed by atoms with Gasteiger partial charge in [-0.25, -0.2) is 9.97 Å². The lowest BCUT2D eigenvalue weighted by Gasteiger charge is -2.35. The molecule has 2 heterocycles. The average Bonchev–Trinajstić information content (AvgIpc) is 2.89. The lowest BCUT2D eigenvalue weighted by Crippen LogP contribution is -2.41. The number of carbonyl (C=O) groups is 1. The Kier molecular flexibility index (Phi) is 6.27. The molecule has 1 aliphatic heterocycles. The van der Waals surface area contributed by atoms with Gasteiger partial charge in [0.1, 0.15) is 5.69 Å². The number of hydrogen-bond acceptors (Lipinski definition) is 4. The molecule has 1 aliphatic carbocycles. The van der Waals surface area contributed by atoms with Gasteiger partial charge in [-0.05, 0) is 51.5 Å².